The molecule has 2 fully saturated rings. The zero-order valence-electron chi connectivity index (χ0n) is 11.0. The lowest BCUT2D eigenvalue weighted by atomic mass is 9.78. The maximum Gasteiger partial charge on any atom is 0.184 e. The van der Waals surface area contributed by atoms with Crippen LogP contribution in [0.5, 0.6) is 0 Å². The van der Waals surface area contributed by atoms with Gasteiger partial charge in [-0.05, 0) is 43.7 Å². The quantitative estimate of drug-likeness (QED) is 0.785. The van der Waals surface area contributed by atoms with Crippen molar-refractivity contribution >= 4 is 11.4 Å². The first kappa shape index (κ1) is 12.7. The third kappa shape index (κ3) is 2.17. The van der Waals surface area contributed by atoms with Crippen LogP contribution in [0.3, 0.4) is 0 Å². The van der Waals surface area contributed by atoms with Gasteiger partial charge < -0.3 is 10.6 Å². The fourth-order valence-corrected chi connectivity index (χ4v) is 3.75. The summed E-state index contributed by atoms with van der Waals surface area (Å²) in [5.41, 5.74) is 6.54. The lowest BCUT2D eigenvalue weighted by Gasteiger charge is -2.45. The summed E-state index contributed by atoms with van der Waals surface area (Å²) in [6, 6.07) is 2.91. The van der Waals surface area contributed by atoms with E-state index in [4.69, 9.17) is 5.73 Å². The van der Waals surface area contributed by atoms with Gasteiger partial charge in [-0.15, -0.1) is 0 Å². The average Bonchev–Trinajstić information content (AvgIpc) is 2.44. The monoisotopic (exact) mass is 266 g/mol. The highest BCUT2D eigenvalue weighted by Gasteiger charge is 2.35. The van der Waals surface area contributed by atoms with Gasteiger partial charge in [-0.2, -0.15) is 0 Å². The first-order valence-electron chi connectivity index (χ1n) is 7.18. The Bertz CT molecular complexity index is 473. The number of hydrogen-bond donors (Lipinski definition) is 1. The minimum absolute atomic E-state index is 0.289. The molecule has 3 rings (SSSR count). The van der Waals surface area contributed by atoms with Crippen molar-refractivity contribution in [2.24, 2.45) is 5.92 Å². The second-order valence-electron chi connectivity index (χ2n) is 5.75. The van der Waals surface area contributed by atoms with Crippen LogP contribution in [-0.2, 0) is 0 Å². The fraction of sp³-hybridized carbons (Fsp3) is 0.600. The van der Waals surface area contributed by atoms with Crippen molar-refractivity contribution in [3.63, 3.8) is 0 Å². The molecule has 2 aliphatic rings. The molecule has 2 N–H and O–H groups in total. The van der Waals surface area contributed by atoms with Crippen LogP contribution in [0.25, 0.3) is 0 Å². The molecule has 4 heteroatoms. The number of nitrogen functional groups attached to an aromatic ring is 1. The summed E-state index contributed by atoms with van der Waals surface area (Å²) in [6.07, 6.45) is 6.96. The summed E-state index contributed by atoms with van der Waals surface area (Å²) in [7, 11) is 0. The predicted molar refractivity (Wildman–Crippen MR) is 73.1 cm³/mol. The van der Waals surface area contributed by atoms with Crippen LogP contribution in [0.15, 0.2) is 12.1 Å². The predicted octanol–water partition coefficient (Wildman–Crippen LogP) is 3.71. The van der Waals surface area contributed by atoms with Crippen molar-refractivity contribution in [3.05, 3.63) is 23.8 Å². The largest absolute Gasteiger partial charge is 0.397 e. The van der Waals surface area contributed by atoms with Crippen molar-refractivity contribution in [1.29, 1.82) is 0 Å². The minimum atomic E-state index is -0.804. The highest BCUT2D eigenvalue weighted by atomic mass is 19.2. The van der Waals surface area contributed by atoms with E-state index in [2.05, 4.69) is 0 Å². The Morgan fingerprint density at radius 1 is 1.05 bits per heavy atom. The number of halogens is 2. The Morgan fingerprint density at radius 2 is 1.79 bits per heavy atom. The van der Waals surface area contributed by atoms with E-state index < -0.39 is 11.6 Å². The third-order valence-electron chi connectivity index (χ3n) is 4.63. The summed E-state index contributed by atoms with van der Waals surface area (Å²) in [5.74, 6) is -0.974. The number of hydrogen-bond acceptors (Lipinski definition) is 2. The number of piperidine rings is 1. The maximum absolute atomic E-state index is 14.1. The van der Waals surface area contributed by atoms with Crippen LogP contribution in [0.4, 0.5) is 20.2 Å². The number of anilines is 2. The molecule has 1 aromatic carbocycles. The standard InChI is InChI=1S/C15H20F2N2/c16-11-7-8-12(18)15(14(11)17)19-9-3-5-10-4-1-2-6-13(10)19/h7-8,10,13H,1-6,9,18H2/t10-,13-/m1/s1. The molecule has 2 nitrogen and oxygen atoms in total. The van der Waals surface area contributed by atoms with Gasteiger partial charge in [0.1, 0.15) is 0 Å². The number of nitrogens with two attached hydrogens (primary N) is 1. The first-order chi connectivity index (χ1) is 9.18. The van der Waals surface area contributed by atoms with Crippen LogP contribution in [0, 0.1) is 17.6 Å². The van der Waals surface area contributed by atoms with Crippen LogP contribution in [0.1, 0.15) is 38.5 Å². The average molecular weight is 266 g/mol. The second-order valence-corrected chi connectivity index (χ2v) is 5.75. The van der Waals surface area contributed by atoms with Crippen molar-refractivity contribution in [1.82, 2.24) is 0 Å². The minimum Gasteiger partial charge on any atom is -0.397 e. The van der Waals surface area contributed by atoms with Crippen LogP contribution < -0.4 is 10.6 Å². The maximum atomic E-state index is 14.1. The summed E-state index contributed by atoms with van der Waals surface area (Å²) in [4.78, 5) is 2.03. The van der Waals surface area contributed by atoms with E-state index in [1.165, 1.54) is 31.7 Å². The van der Waals surface area contributed by atoms with E-state index in [1.54, 1.807) is 0 Å². The van der Waals surface area contributed by atoms with Gasteiger partial charge in [-0.3, -0.25) is 0 Å². The Labute approximate surface area is 112 Å². The molecular formula is C15H20F2N2. The van der Waals surface area contributed by atoms with Crippen molar-refractivity contribution < 1.29 is 8.78 Å². The number of rotatable bonds is 1. The molecule has 19 heavy (non-hydrogen) atoms. The van der Waals surface area contributed by atoms with Crippen LogP contribution in [0.2, 0.25) is 0 Å². The lowest BCUT2D eigenvalue weighted by Crippen LogP contribution is -2.47. The van der Waals surface area contributed by atoms with Gasteiger partial charge in [-0.1, -0.05) is 12.8 Å². The van der Waals surface area contributed by atoms with E-state index in [0.717, 1.165) is 25.5 Å². The molecule has 1 aliphatic heterocycles. The number of nitrogens with zero attached hydrogens (tertiary/aromatic N) is 1. The van der Waals surface area contributed by atoms with Gasteiger partial charge in [0.15, 0.2) is 11.6 Å². The molecule has 0 spiro atoms. The zero-order chi connectivity index (χ0) is 13.4. The molecule has 2 atom stereocenters. The smallest absolute Gasteiger partial charge is 0.184 e. The van der Waals surface area contributed by atoms with E-state index in [9.17, 15) is 8.78 Å². The van der Waals surface area contributed by atoms with Gasteiger partial charge in [-0.25, -0.2) is 8.78 Å². The van der Waals surface area contributed by atoms with E-state index >= 15 is 0 Å². The summed E-state index contributed by atoms with van der Waals surface area (Å²) >= 11 is 0. The highest BCUT2D eigenvalue weighted by Crippen LogP contribution is 2.40. The Morgan fingerprint density at radius 3 is 2.63 bits per heavy atom. The van der Waals surface area contributed by atoms with Gasteiger partial charge >= 0.3 is 0 Å². The summed E-state index contributed by atoms with van der Waals surface area (Å²) in [5, 5.41) is 0. The molecule has 104 valence electrons. The van der Waals surface area contributed by atoms with Gasteiger partial charge in [0, 0.05) is 12.6 Å². The Kier molecular flexibility index (Phi) is 3.33. The van der Waals surface area contributed by atoms with E-state index in [-0.39, 0.29) is 5.69 Å². The first-order valence-corrected chi connectivity index (χ1v) is 7.18. The molecule has 1 aliphatic carbocycles. The Hall–Kier alpha value is -1.32. The van der Waals surface area contributed by atoms with Crippen molar-refractivity contribution in [3.8, 4) is 0 Å². The molecule has 1 aromatic rings. The van der Waals surface area contributed by atoms with Crippen molar-refractivity contribution in [2.75, 3.05) is 17.2 Å². The zero-order valence-corrected chi connectivity index (χ0v) is 11.0. The van der Waals surface area contributed by atoms with E-state index in [0.29, 0.717) is 17.6 Å². The number of benzene rings is 1. The molecule has 1 heterocycles. The molecule has 1 saturated heterocycles. The van der Waals surface area contributed by atoms with Crippen LogP contribution in [-0.4, -0.2) is 12.6 Å². The van der Waals surface area contributed by atoms with Gasteiger partial charge in [0.2, 0.25) is 0 Å². The molecular weight excluding hydrogens is 246 g/mol. The van der Waals surface area contributed by atoms with Gasteiger partial charge in [0.25, 0.3) is 0 Å². The third-order valence-corrected chi connectivity index (χ3v) is 4.63. The molecule has 0 unspecified atom stereocenters. The molecule has 0 aromatic heterocycles. The molecule has 0 bridgehead atoms. The Balaban J connectivity index is 1.98. The van der Waals surface area contributed by atoms with Crippen LogP contribution >= 0.6 is 0 Å². The fourth-order valence-electron chi connectivity index (χ4n) is 3.75. The lowest BCUT2D eigenvalue weighted by molar-refractivity contribution is 0.242. The van der Waals surface area contributed by atoms with Gasteiger partial charge in [0.05, 0.1) is 11.4 Å². The van der Waals surface area contributed by atoms with Crippen molar-refractivity contribution in [2.45, 2.75) is 44.6 Å². The topological polar surface area (TPSA) is 29.3 Å². The van der Waals surface area contributed by atoms with E-state index in [1.807, 2.05) is 4.90 Å². The molecule has 0 radical (unpaired) electrons. The highest BCUT2D eigenvalue weighted by molar-refractivity contribution is 5.69. The SMILES string of the molecule is Nc1ccc(F)c(F)c1N1CCC[C@H]2CCCC[C@H]21. The summed E-state index contributed by atoms with van der Waals surface area (Å²) in [6.45, 7) is 0.783. The second kappa shape index (κ2) is 4.99. The molecule has 1 saturated carbocycles. The summed E-state index contributed by atoms with van der Waals surface area (Å²) < 4.78 is 27.6. The normalized spacial score (nSPS) is 27.2. The number of fused-ring (bicyclic) bond motifs is 1. The molecule has 0 amide bonds.